The highest BCUT2D eigenvalue weighted by Gasteiger charge is 2.25. The molecule has 0 aromatic heterocycles. The molecule has 1 aliphatic heterocycles. The lowest BCUT2D eigenvalue weighted by molar-refractivity contribution is 0.0976. The monoisotopic (exact) mass is 334 g/mol. The number of fused-ring (bicyclic) bond motifs is 1. The van der Waals surface area contributed by atoms with Crippen LogP contribution in [0.2, 0.25) is 10.0 Å². The highest BCUT2D eigenvalue weighted by molar-refractivity contribution is 6.39. The Balaban J connectivity index is 2.17. The van der Waals surface area contributed by atoms with Crippen LogP contribution in [0.1, 0.15) is 5.56 Å². The number of nitriles is 1. The summed E-state index contributed by atoms with van der Waals surface area (Å²) in [6.45, 7) is 0.754. The molecule has 2 aromatic rings. The van der Waals surface area contributed by atoms with Crippen molar-refractivity contribution >= 4 is 23.2 Å². The van der Waals surface area contributed by atoms with Crippen LogP contribution < -0.4 is 15.2 Å². The van der Waals surface area contributed by atoms with Gasteiger partial charge in [0, 0.05) is 17.7 Å². The van der Waals surface area contributed by atoms with E-state index in [1.165, 1.54) is 0 Å². The summed E-state index contributed by atoms with van der Waals surface area (Å²) in [6, 6.07) is 10.7. The largest absolute Gasteiger partial charge is 0.486 e. The molecule has 3 rings (SSSR count). The number of benzene rings is 2. The standard InChI is InChI=1S/C16H12Cl2N2O2/c17-12-4-9(6-19)5-13(18)15(12)11-2-1-3-14-16(11)22-10(7-20)8-21-14/h1-5,10H,7-8,20H2/t10-/m0/s1. The third-order valence-electron chi connectivity index (χ3n) is 3.39. The van der Waals surface area contributed by atoms with E-state index in [0.717, 1.165) is 5.56 Å². The first-order chi connectivity index (χ1) is 10.6. The second-order valence-corrected chi connectivity index (χ2v) is 5.66. The van der Waals surface area contributed by atoms with Crippen LogP contribution in [0.3, 0.4) is 0 Å². The molecule has 0 radical (unpaired) electrons. The summed E-state index contributed by atoms with van der Waals surface area (Å²) in [5.74, 6) is 1.19. The van der Waals surface area contributed by atoms with E-state index in [-0.39, 0.29) is 6.10 Å². The van der Waals surface area contributed by atoms with Crippen molar-refractivity contribution in [1.29, 1.82) is 5.26 Å². The van der Waals surface area contributed by atoms with Crippen LogP contribution in [0.4, 0.5) is 0 Å². The van der Waals surface area contributed by atoms with E-state index in [1.807, 2.05) is 24.3 Å². The molecule has 0 spiro atoms. The van der Waals surface area contributed by atoms with Crippen molar-refractivity contribution in [2.45, 2.75) is 6.10 Å². The van der Waals surface area contributed by atoms with Gasteiger partial charge in [-0.05, 0) is 18.2 Å². The van der Waals surface area contributed by atoms with Crippen molar-refractivity contribution in [3.05, 3.63) is 45.9 Å². The summed E-state index contributed by atoms with van der Waals surface area (Å²) in [6.07, 6.45) is -0.218. The van der Waals surface area contributed by atoms with Crippen molar-refractivity contribution in [2.24, 2.45) is 5.73 Å². The number of rotatable bonds is 2. The number of halogens is 2. The van der Waals surface area contributed by atoms with Gasteiger partial charge in [0.25, 0.3) is 0 Å². The smallest absolute Gasteiger partial charge is 0.169 e. The second kappa shape index (κ2) is 6.05. The Morgan fingerprint density at radius 3 is 2.64 bits per heavy atom. The van der Waals surface area contributed by atoms with Crippen molar-refractivity contribution < 1.29 is 9.47 Å². The normalized spacial score (nSPS) is 16.2. The summed E-state index contributed by atoms with van der Waals surface area (Å²) in [4.78, 5) is 0. The Hall–Kier alpha value is -1.93. The molecule has 6 heteroatoms. The topological polar surface area (TPSA) is 68.3 Å². The lowest BCUT2D eigenvalue weighted by Crippen LogP contribution is -2.35. The predicted octanol–water partition coefficient (Wildman–Crippen LogP) is 3.63. The molecule has 2 aromatic carbocycles. The molecule has 0 amide bonds. The second-order valence-electron chi connectivity index (χ2n) is 4.85. The molecule has 0 aliphatic carbocycles. The van der Waals surface area contributed by atoms with Crippen LogP contribution in [0, 0.1) is 11.3 Å². The first kappa shape index (κ1) is 15.0. The highest BCUT2D eigenvalue weighted by atomic mass is 35.5. The maximum absolute atomic E-state index is 8.98. The van der Waals surface area contributed by atoms with Crippen LogP contribution in [0.5, 0.6) is 11.5 Å². The summed E-state index contributed by atoms with van der Waals surface area (Å²) >= 11 is 12.6. The molecule has 22 heavy (non-hydrogen) atoms. The number of ether oxygens (including phenoxy) is 2. The molecule has 4 nitrogen and oxygen atoms in total. The maximum atomic E-state index is 8.98. The van der Waals surface area contributed by atoms with Crippen LogP contribution in [-0.4, -0.2) is 19.3 Å². The molecule has 0 unspecified atom stereocenters. The van der Waals surface area contributed by atoms with Crippen molar-refractivity contribution in [3.63, 3.8) is 0 Å². The van der Waals surface area contributed by atoms with E-state index < -0.39 is 0 Å². The van der Waals surface area contributed by atoms with Crippen LogP contribution in [0.15, 0.2) is 30.3 Å². The summed E-state index contributed by atoms with van der Waals surface area (Å²) in [5, 5.41) is 9.75. The van der Waals surface area contributed by atoms with E-state index in [9.17, 15) is 0 Å². The minimum atomic E-state index is -0.218. The first-order valence-corrected chi connectivity index (χ1v) is 7.41. The minimum absolute atomic E-state index is 0.218. The summed E-state index contributed by atoms with van der Waals surface area (Å²) in [5.41, 5.74) is 7.39. The number of nitrogens with zero attached hydrogens (tertiary/aromatic N) is 1. The molecular formula is C16H12Cl2N2O2. The molecule has 0 saturated heterocycles. The van der Waals surface area contributed by atoms with Gasteiger partial charge in [-0.25, -0.2) is 0 Å². The van der Waals surface area contributed by atoms with Gasteiger partial charge in [-0.2, -0.15) is 5.26 Å². The quantitative estimate of drug-likeness (QED) is 0.910. The highest BCUT2D eigenvalue weighted by Crippen LogP contribution is 2.45. The van der Waals surface area contributed by atoms with Crippen LogP contribution >= 0.6 is 23.2 Å². The van der Waals surface area contributed by atoms with Gasteiger partial charge >= 0.3 is 0 Å². The van der Waals surface area contributed by atoms with Crippen molar-refractivity contribution in [2.75, 3.05) is 13.2 Å². The van der Waals surface area contributed by atoms with Crippen LogP contribution in [0.25, 0.3) is 11.1 Å². The zero-order valence-electron chi connectivity index (χ0n) is 11.5. The van der Waals surface area contributed by atoms with Gasteiger partial charge in [-0.3, -0.25) is 0 Å². The molecule has 0 bridgehead atoms. The zero-order valence-corrected chi connectivity index (χ0v) is 13.0. The van der Waals surface area contributed by atoms with E-state index in [2.05, 4.69) is 0 Å². The fourth-order valence-corrected chi connectivity index (χ4v) is 3.03. The number of nitrogens with two attached hydrogens (primary N) is 1. The molecular weight excluding hydrogens is 323 g/mol. The van der Waals surface area contributed by atoms with Gasteiger partial charge in [-0.15, -0.1) is 0 Å². The van der Waals surface area contributed by atoms with E-state index in [0.29, 0.717) is 45.8 Å². The Kier molecular flexibility index (Phi) is 4.12. The van der Waals surface area contributed by atoms with Gasteiger partial charge in [0.1, 0.15) is 12.7 Å². The number of hydrogen-bond donors (Lipinski definition) is 1. The zero-order chi connectivity index (χ0) is 15.7. The molecule has 112 valence electrons. The molecule has 0 fully saturated rings. The van der Waals surface area contributed by atoms with Crippen LogP contribution in [-0.2, 0) is 0 Å². The number of hydrogen-bond acceptors (Lipinski definition) is 4. The molecule has 1 heterocycles. The first-order valence-electron chi connectivity index (χ1n) is 6.66. The molecule has 1 aliphatic rings. The molecule has 0 saturated carbocycles. The van der Waals surface area contributed by atoms with Gasteiger partial charge in [0.05, 0.1) is 21.7 Å². The van der Waals surface area contributed by atoms with Gasteiger partial charge in [0.2, 0.25) is 0 Å². The summed E-state index contributed by atoms with van der Waals surface area (Å²) < 4.78 is 11.6. The van der Waals surface area contributed by atoms with E-state index in [1.54, 1.807) is 12.1 Å². The average molecular weight is 335 g/mol. The Bertz CT molecular complexity index is 748. The fourth-order valence-electron chi connectivity index (χ4n) is 2.34. The van der Waals surface area contributed by atoms with Gasteiger partial charge in [0.15, 0.2) is 11.5 Å². The number of para-hydroxylation sites is 1. The Morgan fingerprint density at radius 1 is 1.27 bits per heavy atom. The predicted molar refractivity (Wildman–Crippen MR) is 85.6 cm³/mol. The summed E-state index contributed by atoms with van der Waals surface area (Å²) in [7, 11) is 0. The SMILES string of the molecule is N#Cc1cc(Cl)c(-c2cccc3c2O[C@@H](CN)CO3)c(Cl)c1. The van der Waals surface area contributed by atoms with E-state index in [4.69, 9.17) is 43.7 Å². The minimum Gasteiger partial charge on any atom is -0.486 e. The Morgan fingerprint density at radius 2 is 2.00 bits per heavy atom. The van der Waals surface area contributed by atoms with Crippen molar-refractivity contribution in [1.82, 2.24) is 0 Å². The van der Waals surface area contributed by atoms with Gasteiger partial charge in [-0.1, -0.05) is 35.3 Å². The average Bonchev–Trinajstić information content (AvgIpc) is 2.53. The molecule has 2 N–H and O–H groups in total. The van der Waals surface area contributed by atoms with E-state index >= 15 is 0 Å². The maximum Gasteiger partial charge on any atom is 0.169 e. The Labute approximate surface area is 138 Å². The third-order valence-corrected chi connectivity index (χ3v) is 3.99. The lowest BCUT2D eigenvalue weighted by atomic mass is 10.0. The lowest BCUT2D eigenvalue weighted by Gasteiger charge is -2.27. The molecule has 1 atom stereocenters. The fraction of sp³-hybridized carbons (Fsp3) is 0.188. The van der Waals surface area contributed by atoms with Crippen molar-refractivity contribution in [3.8, 4) is 28.7 Å². The third kappa shape index (κ3) is 2.59. The van der Waals surface area contributed by atoms with Gasteiger partial charge < -0.3 is 15.2 Å².